The van der Waals surface area contributed by atoms with Crippen molar-refractivity contribution >= 4 is 17.9 Å². The molecule has 0 aromatic carbocycles. The molecule has 0 radical (unpaired) electrons. The third-order valence-corrected chi connectivity index (χ3v) is 20.3. The van der Waals surface area contributed by atoms with E-state index in [-0.39, 0.29) is 65.8 Å². The summed E-state index contributed by atoms with van der Waals surface area (Å²) in [7, 11) is 0. The topological polar surface area (TPSA) is 162 Å². The molecule has 3 spiro atoms. The molecule has 21 atom stereocenters. The standard InChI is InChI=1S/C50H72O15/c1-27-13-16-35-30(38(51)54-41-48(35)32(27)19-23-44(4,57-41)60-63-48)12-10-8-7-9-11-22-47(37-18-15-29(3)34-21-25-46(6)59-43(56-40(47)53)50(34,37)65-62-46)26-31-36-17-14-28(2)33-20-24-45(5)58-42(55-39(31)52)49(33,36)64-61-45/h27-37,41-43H,7-26H2,1-6H3/t27-,28-,29-,30+,31+,32+,33+,34+,35+,36+,37+,41-,42-,43-,44-,45-,46-,47-,48-,49-,50-/m1/s1. The van der Waals surface area contributed by atoms with Crippen molar-refractivity contribution in [2.45, 2.75) is 223 Å². The van der Waals surface area contributed by atoms with Crippen LogP contribution in [-0.2, 0) is 72.1 Å². The van der Waals surface area contributed by atoms with E-state index in [2.05, 4.69) is 20.8 Å². The first kappa shape index (κ1) is 44.3. The number of rotatable bonds is 10. The zero-order valence-electron chi connectivity index (χ0n) is 39.3. The Bertz CT molecular complexity index is 1930. The number of unbranched alkanes of at least 4 members (excludes halogenated alkanes) is 4. The molecule has 0 aromatic heterocycles. The van der Waals surface area contributed by atoms with Crippen LogP contribution in [0, 0.1) is 70.5 Å². The lowest BCUT2D eigenvalue weighted by Crippen LogP contribution is -2.74. The fraction of sp³-hybridized carbons (Fsp3) is 0.940. The van der Waals surface area contributed by atoms with Gasteiger partial charge >= 0.3 is 17.9 Å². The van der Waals surface area contributed by atoms with E-state index in [1.165, 1.54) is 0 Å². The fourth-order valence-corrected chi connectivity index (χ4v) is 16.9. The normalized spacial score (nSPS) is 55.9. The zero-order chi connectivity index (χ0) is 44.9. The van der Waals surface area contributed by atoms with Crippen LogP contribution in [0.4, 0.5) is 0 Å². The predicted octanol–water partition coefficient (Wildman–Crippen LogP) is 8.64. The SMILES string of the molecule is C[C@@H]1CC[C@H]2[C@H](CCCCCCC[C@]3(C[C@@H]4C(=O)O[C@@H]5O[C@@]6(C)CC[C@H]7[C@H](C)CC[C@@H]4[C@@]57OO6)C(=O)O[C@@H]4O[C@@]5(C)CC[C@H]6[C@H](C)CC[C@@H]3[C@@]46OO5)C(=O)O[C@@H]3O[C@@]4(C)CC[C@@H]1[C@]32OO4. The molecule has 12 heterocycles. The summed E-state index contributed by atoms with van der Waals surface area (Å²) in [4.78, 5) is 81.5. The quantitative estimate of drug-likeness (QED) is 0.0886. The van der Waals surface area contributed by atoms with E-state index in [0.29, 0.717) is 56.3 Å². The number of fused-ring (bicyclic) bond motifs is 6. The van der Waals surface area contributed by atoms with Crippen LogP contribution < -0.4 is 0 Å². The second kappa shape index (κ2) is 15.3. The van der Waals surface area contributed by atoms with Crippen molar-refractivity contribution in [2.75, 3.05) is 0 Å². The van der Waals surface area contributed by atoms with Gasteiger partial charge in [-0.3, -0.25) is 14.4 Å². The number of carbonyl (C=O) groups excluding carboxylic acids is 3. The van der Waals surface area contributed by atoms with Gasteiger partial charge in [0, 0.05) is 54.8 Å². The van der Waals surface area contributed by atoms with Gasteiger partial charge in [-0.1, -0.05) is 52.9 Å². The molecule has 3 saturated carbocycles. The highest BCUT2D eigenvalue weighted by atomic mass is 17.3. The summed E-state index contributed by atoms with van der Waals surface area (Å²) in [5.74, 6) is -4.04. The molecular weight excluding hydrogens is 841 g/mol. The molecule has 15 aliphatic rings. The monoisotopic (exact) mass is 912 g/mol. The van der Waals surface area contributed by atoms with E-state index in [9.17, 15) is 9.59 Å². The van der Waals surface area contributed by atoms with E-state index < -0.39 is 64.4 Å². The Labute approximate surface area is 382 Å². The van der Waals surface area contributed by atoms with Crippen molar-refractivity contribution in [3.05, 3.63) is 0 Å². The van der Waals surface area contributed by atoms with Crippen molar-refractivity contribution in [3.8, 4) is 0 Å². The Hall–Kier alpha value is -1.95. The van der Waals surface area contributed by atoms with Gasteiger partial charge in [0.1, 0.15) is 0 Å². The minimum atomic E-state index is -1.09. The first-order valence-electron chi connectivity index (χ1n) is 25.8. The lowest BCUT2D eigenvalue weighted by Gasteiger charge is -2.63. The second-order valence-corrected chi connectivity index (χ2v) is 23.8. The maximum atomic E-state index is 15.3. The molecule has 65 heavy (non-hydrogen) atoms. The van der Waals surface area contributed by atoms with Gasteiger partial charge in [-0.25, -0.2) is 29.3 Å². The number of hydrogen-bond donors (Lipinski definition) is 0. The highest BCUT2D eigenvalue weighted by Gasteiger charge is 2.77. The summed E-state index contributed by atoms with van der Waals surface area (Å²) < 4.78 is 38.5. The summed E-state index contributed by atoms with van der Waals surface area (Å²) >= 11 is 0. The molecule has 15 rings (SSSR count). The van der Waals surface area contributed by atoms with Gasteiger partial charge in [-0.2, -0.15) is 0 Å². The maximum absolute atomic E-state index is 15.3. The van der Waals surface area contributed by atoms with Gasteiger partial charge < -0.3 is 28.4 Å². The Kier molecular flexibility index (Phi) is 10.4. The van der Waals surface area contributed by atoms with Crippen LogP contribution in [0.25, 0.3) is 0 Å². The molecular formula is C50H72O15. The smallest absolute Gasteiger partial charge is 0.314 e. The molecule has 0 N–H and O–H groups in total. The molecule has 12 aliphatic heterocycles. The van der Waals surface area contributed by atoms with E-state index in [1.807, 2.05) is 20.8 Å². The van der Waals surface area contributed by atoms with Crippen molar-refractivity contribution in [1.82, 2.24) is 0 Å². The Morgan fingerprint density at radius 1 is 0.462 bits per heavy atom. The molecule has 0 amide bonds. The number of ether oxygens (including phenoxy) is 6. The van der Waals surface area contributed by atoms with Crippen molar-refractivity contribution in [2.24, 2.45) is 70.5 Å². The lowest BCUT2D eigenvalue weighted by molar-refractivity contribution is -0.564. The molecule has 362 valence electrons. The number of esters is 3. The summed E-state index contributed by atoms with van der Waals surface area (Å²) in [5.41, 5.74) is -3.86. The van der Waals surface area contributed by atoms with Crippen molar-refractivity contribution < 1.29 is 72.1 Å². The highest BCUT2D eigenvalue weighted by molar-refractivity contribution is 5.81. The minimum absolute atomic E-state index is 0.0274. The lowest BCUT2D eigenvalue weighted by atomic mass is 9.49. The average Bonchev–Trinajstić information content (AvgIpc) is 3.75. The molecule has 6 bridgehead atoms. The van der Waals surface area contributed by atoms with E-state index in [1.54, 1.807) is 0 Å². The first-order valence-corrected chi connectivity index (χ1v) is 25.8. The molecule has 0 unspecified atom stereocenters. The molecule has 3 aliphatic carbocycles. The van der Waals surface area contributed by atoms with Crippen LogP contribution in [0.3, 0.4) is 0 Å². The Balaban J connectivity index is 0.793. The second-order valence-electron chi connectivity index (χ2n) is 23.8. The first-order chi connectivity index (χ1) is 31.1. The molecule has 15 fully saturated rings. The summed E-state index contributed by atoms with van der Waals surface area (Å²) in [5, 5.41) is 0. The van der Waals surface area contributed by atoms with Crippen LogP contribution in [0.2, 0.25) is 0 Å². The number of carbonyl (C=O) groups is 3. The summed E-state index contributed by atoms with van der Waals surface area (Å²) in [6, 6.07) is 0. The summed E-state index contributed by atoms with van der Waals surface area (Å²) in [6.45, 7) is 12.4. The van der Waals surface area contributed by atoms with Crippen LogP contribution >= 0.6 is 0 Å². The summed E-state index contributed by atoms with van der Waals surface area (Å²) in [6.07, 6.45) is 13.0. The van der Waals surface area contributed by atoms with Crippen molar-refractivity contribution in [3.63, 3.8) is 0 Å². The largest absolute Gasteiger partial charge is 0.432 e. The minimum Gasteiger partial charge on any atom is -0.432 e. The van der Waals surface area contributed by atoms with Gasteiger partial charge in [0.25, 0.3) is 0 Å². The van der Waals surface area contributed by atoms with Crippen LogP contribution in [-0.4, -0.2) is 70.9 Å². The molecule has 12 saturated heterocycles. The van der Waals surface area contributed by atoms with E-state index in [4.69, 9.17) is 57.7 Å². The maximum Gasteiger partial charge on any atom is 0.314 e. The van der Waals surface area contributed by atoms with Gasteiger partial charge in [0.2, 0.25) is 36.2 Å². The van der Waals surface area contributed by atoms with Crippen LogP contribution in [0.5, 0.6) is 0 Å². The van der Waals surface area contributed by atoms with Gasteiger partial charge in [0.15, 0.2) is 16.8 Å². The molecule has 0 aromatic rings. The van der Waals surface area contributed by atoms with E-state index >= 15 is 4.79 Å². The molecule has 15 heteroatoms. The fourth-order valence-electron chi connectivity index (χ4n) is 16.9. The number of hydrogen-bond acceptors (Lipinski definition) is 15. The Morgan fingerprint density at radius 2 is 0.908 bits per heavy atom. The highest BCUT2D eigenvalue weighted by Crippen LogP contribution is 2.68. The van der Waals surface area contributed by atoms with Gasteiger partial charge in [0.05, 0.1) is 17.3 Å². The van der Waals surface area contributed by atoms with E-state index in [0.717, 1.165) is 83.5 Å². The third kappa shape index (κ3) is 6.26. The van der Waals surface area contributed by atoms with Crippen LogP contribution in [0.15, 0.2) is 0 Å². The average molecular weight is 913 g/mol. The van der Waals surface area contributed by atoms with Gasteiger partial charge in [-0.15, -0.1) is 0 Å². The van der Waals surface area contributed by atoms with Crippen LogP contribution in [0.1, 0.15) is 170 Å². The van der Waals surface area contributed by atoms with Crippen molar-refractivity contribution in [1.29, 1.82) is 0 Å². The third-order valence-electron chi connectivity index (χ3n) is 20.3. The zero-order valence-corrected chi connectivity index (χ0v) is 39.3. The predicted molar refractivity (Wildman–Crippen MR) is 223 cm³/mol. The Morgan fingerprint density at radius 3 is 1.48 bits per heavy atom. The van der Waals surface area contributed by atoms with Gasteiger partial charge in [-0.05, 0) is 116 Å². The molecule has 15 nitrogen and oxygen atoms in total.